The van der Waals surface area contributed by atoms with Crippen molar-refractivity contribution in [2.45, 2.75) is 65.1 Å². The molecule has 0 unspecified atom stereocenters. The van der Waals surface area contributed by atoms with Gasteiger partial charge < -0.3 is 14.6 Å². The van der Waals surface area contributed by atoms with Gasteiger partial charge in [-0.25, -0.2) is 4.98 Å². The van der Waals surface area contributed by atoms with Crippen LogP contribution in [0.3, 0.4) is 0 Å². The minimum absolute atomic E-state index is 0.000142. The standard InChI is InChI=1S/C25H28N4O3/c1-4-25(24(31)28-14-21-16(3)18-7-5-6-8-20(18)32-21)11-17-9-10-22(25)29(17)23(30)19-13-26-15(2)12-27-19/h5-8,12-13,17,22H,4,9-11,14H2,1-3H3,(H,28,31)/t17-,22+,25+/m1/s1. The Bertz CT molecular complexity index is 1190. The van der Waals surface area contributed by atoms with Crippen molar-refractivity contribution in [3.63, 3.8) is 0 Å². The number of rotatable bonds is 5. The van der Waals surface area contributed by atoms with E-state index in [1.165, 1.54) is 6.20 Å². The Balaban J connectivity index is 1.36. The molecule has 0 aliphatic carbocycles. The highest BCUT2D eigenvalue weighted by Crippen LogP contribution is 2.52. The lowest BCUT2D eigenvalue weighted by Gasteiger charge is -2.35. The van der Waals surface area contributed by atoms with Crippen molar-refractivity contribution < 1.29 is 14.0 Å². The number of aromatic nitrogens is 2. The first kappa shape index (κ1) is 20.7. The molecule has 2 amide bonds. The maximum absolute atomic E-state index is 13.5. The van der Waals surface area contributed by atoms with Gasteiger partial charge in [0.25, 0.3) is 5.91 Å². The van der Waals surface area contributed by atoms with E-state index in [1.54, 1.807) is 6.20 Å². The first-order chi connectivity index (χ1) is 15.4. The highest BCUT2D eigenvalue weighted by Gasteiger charge is 2.60. The van der Waals surface area contributed by atoms with Crippen LogP contribution in [0.5, 0.6) is 0 Å². The number of carbonyl (C=O) groups excluding carboxylic acids is 2. The van der Waals surface area contributed by atoms with Gasteiger partial charge in [-0.15, -0.1) is 0 Å². The summed E-state index contributed by atoms with van der Waals surface area (Å²) in [6.07, 6.45) is 6.27. The van der Waals surface area contributed by atoms with Crippen molar-refractivity contribution >= 4 is 22.8 Å². The second kappa shape index (κ2) is 7.73. The van der Waals surface area contributed by atoms with E-state index in [1.807, 2.05) is 49.9 Å². The van der Waals surface area contributed by atoms with Crippen molar-refractivity contribution in [3.8, 4) is 0 Å². The summed E-state index contributed by atoms with van der Waals surface area (Å²) in [5, 5.41) is 4.19. The minimum Gasteiger partial charge on any atom is -0.459 e. The SMILES string of the molecule is CC[C@]1(C(=O)NCc2oc3ccccc3c2C)C[C@H]2CC[C@@H]1N2C(=O)c1cnc(C)cn1. The molecule has 2 aromatic heterocycles. The fourth-order valence-electron chi connectivity index (χ4n) is 5.64. The predicted octanol–water partition coefficient (Wildman–Crippen LogP) is 3.93. The normalized spacial score (nSPS) is 24.3. The van der Waals surface area contributed by atoms with Gasteiger partial charge in [0.05, 0.1) is 23.9 Å². The van der Waals surface area contributed by atoms with Gasteiger partial charge >= 0.3 is 0 Å². The maximum atomic E-state index is 13.5. The molecule has 0 saturated carbocycles. The van der Waals surface area contributed by atoms with Gasteiger partial charge in [0.1, 0.15) is 17.0 Å². The van der Waals surface area contributed by atoms with Crippen LogP contribution in [0, 0.1) is 19.3 Å². The third kappa shape index (κ3) is 3.10. The lowest BCUT2D eigenvalue weighted by Crippen LogP contribution is -2.49. The number of furan rings is 1. The fourth-order valence-corrected chi connectivity index (χ4v) is 5.64. The number of para-hydroxylation sites is 1. The van der Waals surface area contributed by atoms with Crippen LogP contribution in [0.4, 0.5) is 0 Å². The van der Waals surface area contributed by atoms with Crippen LogP contribution in [0.1, 0.15) is 60.1 Å². The highest BCUT2D eigenvalue weighted by atomic mass is 16.3. The Kier molecular flexibility index (Phi) is 4.99. The highest BCUT2D eigenvalue weighted by molar-refractivity contribution is 5.95. The average molecular weight is 433 g/mol. The molecule has 0 radical (unpaired) electrons. The van der Waals surface area contributed by atoms with E-state index in [9.17, 15) is 9.59 Å². The molecule has 3 atom stereocenters. The van der Waals surface area contributed by atoms with E-state index in [0.717, 1.165) is 40.8 Å². The van der Waals surface area contributed by atoms with E-state index in [-0.39, 0.29) is 23.9 Å². The molecule has 2 aliphatic rings. The Morgan fingerprint density at radius 2 is 2.00 bits per heavy atom. The quantitative estimate of drug-likeness (QED) is 0.660. The molecule has 7 nitrogen and oxygen atoms in total. The minimum atomic E-state index is -0.587. The van der Waals surface area contributed by atoms with Gasteiger partial charge in [0.15, 0.2) is 0 Å². The van der Waals surface area contributed by atoms with Gasteiger partial charge in [-0.3, -0.25) is 14.6 Å². The molecule has 2 aliphatic heterocycles. The Labute approximate surface area is 187 Å². The number of hydrogen-bond donors (Lipinski definition) is 1. The van der Waals surface area contributed by atoms with Crippen LogP contribution in [-0.4, -0.2) is 38.8 Å². The summed E-state index contributed by atoms with van der Waals surface area (Å²) in [5.41, 5.74) is 2.41. The van der Waals surface area contributed by atoms with Crippen molar-refractivity contribution in [3.05, 3.63) is 59.4 Å². The van der Waals surface area contributed by atoms with Crippen molar-refractivity contribution in [2.75, 3.05) is 0 Å². The summed E-state index contributed by atoms with van der Waals surface area (Å²) in [6, 6.07) is 7.84. The third-order valence-electron chi connectivity index (χ3n) is 7.41. The second-order valence-corrected chi connectivity index (χ2v) is 9.05. The van der Waals surface area contributed by atoms with Gasteiger partial charge in [-0.1, -0.05) is 25.1 Å². The van der Waals surface area contributed by atoms with Crippen LogP contribution in [0.25, 0.3) is 11.0 Å². The molecule has 4 heterocycles. The van der Waals surface area contributed by atoms with Crippen molar-refractivity contribution in [1.82, 2.24) is 20.2 Å². The van der Waals surface area contributed by atoms with E-state index >= 15 is 0 Å². The predicted molar refractivity (Wildman–Crippen MR) is 120 cm³/mol. The van der Waals surface area contributed by atoms with Gasteiger partial charge in [0.2, 0.25) is 5.91 Å². The molecule has 1 N–H and O–H groups in total. The topological polar surface area (TPSA) is 88.3 Å². The average Bonchev–Trinajstić information content (AvgIpc) is 3.47. The number of amides is 2. The van der Waals surface area contributed by atoms with Crippen LogP contribution >= 0.6 is 0 Å². The number of nitrogens with one attached hydrogen (secondary N) is 1. The van der Waals surface area contributed by atoms with Gasteiger partial charge in [0, 0.05) is 29.2 Å². The molecule has 2 bridgehead atoms. The number of nitrogens with zero attached hydrogens (tertiary/aromatic N) is 3. The summed E-state index contributed by atoms with van der Waals surface area (Å²) >= 11 is 0. The van der Waals surface area contributed by atoms with Crippen LogP contribution < -0.4 is 5.32 Å². The van der Waals surface area contributed by atoms with E-state index in [0.29, 0.717) is 25.1 Å². The van der Waals surface area contributed by atoms with E-state index in [2.05, 4.69) is 15.3 Å². The molecule has 5 rings (SSSR count). The van der Waals surface area contributed by atoms with Gasteiger partial charge in [-0.2, -0.15) is 0 Å². The Morgan fingerprint density at radius 3 is 2.72 bits per heavy atom. The van der Waals surface area contributed by atoms with Crippen LogP contribution in [-0.2, 0) is 11.3 Å². The molecule has 1 aromatic carbocycles. The van der Waals surface area contributed by atoms with Crippen molar-refractivity contribution in [2.24, 2.45) is 5.41 Å². The van der Waals surface area contributed by atoms with Crippen LogP contribution in [0.2, 0.25) is 0 Å². The first-order valence-corrected chi connectivity index (χ1v) is 11.3. The monoisotopic (exact) mass is 432 g/mol. The number of fused-ring (bicyclic) bond motifs is 3. The Hall–Kier alpha value is -3.22. The summed E-state index contributed by atoms with van der Waals surface area (Å²) in [4.78, 5) is 37.2. The number of benzene rings is 1. The maximum Gasteiger partial charge on any atom is 0.274 e. The third-order valence-corrected chi connectivity index (χ3v) is 7.41. The van der Waals surface area contributed by atoms with Crippen LogP contribution in [0.15, 0.2) is 41.1 Å². The summed E-state index contributed by atoms with van der Waals surface area (Å²) in [7, 11) is 0. The zero-order chi connectivity index (χ0) is 22.5. The van der Waals surface area contributed by atoms with Gasteiger partial charge in [-0.05, 0) is 45.6 Å². The Morgan fingerprint density at radius 1 is 1.19 bits per heavy atom. The molecular weight excluding hydrogens is 404 g/mol. The number of carbonyl (C=O) groups is 2. The molecule has 2 fully saturated rings. The molecule has 0 spiro atoms. The van der Waals surface area contributed by atoms with Crippen molar-refractivity contribution in [1.29, 1.82) is 0 Å². The summed E-state index contributed by atoms with van der Waals surface area (Å²) < 4.78 is 5.97. The second-order valence-electron chi connectivity index (χ2n) is 9.05. The lowest BCUT2D eigenvalue weighted by molar-refractivity contribution is -0.133. The fraction of sp³-hybridized carbons (Fsp3) is 0.440. The zero-order valence-electron chi connectivity index (χ0n) is 18.7. The van der Waals surface area contributed by atoms with E-state index < -0.39 is 5.41 Å². The largest absolute Gasteiger partial charge is 0.459 e. The number of hydrogen-bond acceptors (Lipinski definition) is 5. The lowest BCUT2D eigenvalue weighted by atomic mass is 9.71. The molecule has 7 heteroatoms. The summed E-state index contributed by atoms with van der Waals surface area (Å²) in [6.45, 7) is 6.25. The molecule has 3 aromatic rings. The molecule has 2 saturated heterocycles. The van der Waals surface area contributed by atoms with E-state index in [4.69, 9.17) is 4.42 Å². The molecular formula is C25H28N4O3. The molecule has 166 valence electrons. The summed E-state index contributed by atoms with van der Waals surface area (Å²) in [5.74, 6) is 0.651. The zero-order valence-corrected chi connectivity index (χ0v) is 18.7. The number of aryl methyl sites for hydroxylation is 2. The smallest absolute Gasteiger partial charge is 0.274 e. The first-order valence-electron chi connectivity index (χ1n) is 11.3. The molecule has 32 heavy (non-hydrogen) atoms.